The molecule has 2 aliphatic rings. The average Bonchev–Trinajstić information content (AvgIpc) is 3.06. The Balaban J connectivity index is 1.74. The van der Waals surface area contributed by atoms with Crippen LogP contribution >= 0.6 is 55.1 Å². The molecule has 0 radical (unpaired) electrons. The molecule has 2 aromatic rings. The number of ketones is 1. The molecule has 188 valence electrons. The standard InChI is InChI=1S/C23H17Br2Cl2N3O6/c24-17-8-15-16(9-18(17)25)23(34)29(22(15)33)28(10-20(31)14-5-4-12(26)7-19(14)27)21(32)11-2-1-3-13(6-11)30(35)36/h1-7,15-18H,8-10H2/t15-,16-,17+,18+/m1/s1. The van der Waals surface area contributed by atoms with Gasteiger partial charge in [-0.3, -0.25) is 29.3 Å². The van der Waals surface area contributed by atoms with Gasteiger partial charge in [-0.25, -0.2) is 5.01 Å². The third-order valence-corrected chi connectivity index (χ3v) is 9.47. The zero-order chi connectivity index (χ0) is 26.3. The summed E-state index contributed by atoms with van der Waals surface area (Å²) in [6.07, 6.45) is 0.717. The van der Waals surface area contributed by atoms with Gasteiger partial charge in [-0.05, 0) is 37.1 Å². The maximum absolute atomic E-state index is 13.6. The molecule has 4 atom stereocenters. The average molecular weight is 662 g/mol. The van der Waals surface area contributed by atoms with E-state index in [2.05, 4.69) is 31.9 Å². The molecule has 0 N–H and O–H groups in total. The number of amides is 3. The number of nitro groups is 1. The van der Waals surface area contributed by atoms with Crippen molar-refractivity contribution in [1.29, 1.82) is 0 Å². The Labute approximate surface area is 232 Å². The number of hydrogen-bond donors (Lipinski definition) is 0. The van der Waals surface area contributed by atoms with Crippen LogP contribution in [-0.4, -0.2) is 54.6 Å². The van der Waals surface area contributed by atoms with Crippen LogP contribution in [-0.2, 0) is 9.59 Å². The normalized spacial score (nSPS) is 23.4. The predicted octanol–water partition coefficient (Wildman–Crippen LogP) is 5.06. The molecule has 2 fully saturated rings. The maximum atomic E-state index is 13.6. The number of hydrogen-bond acceptors (Lipinski definition) is 6. The topological polar surface area (TPSA) is 118 Å². The zero-order valence-corrected chi connectivity index (χ0v) is 23.0. The van der Waals surface area contributed by atoms with E-state index in [0.29, 0.717) is 22.9 Å². The van der Waals surface area contributed by atoms with E-state index in [-0.39, 0.29) is 31.5 Å². The number of imide groups is 1. The molecule has 1 aliphatic carbocycles. The Morgan fingerprint density at radius 2 is 1.64 bits per heavy atom. The second-order valence-electron chi connectivity index (χ2n) is 8.42. The number of nitrogens with zero attached hydrogens (tertiary/aromatic N) is 3. The van der Waals surface area contributed by atoms with Crippen molar-refractivity contribution in [3.05, 3.63) is 73.8 Å². The van der Waals surface area contributed by atoms with E-state index >= 15 is 0 Å². The first-order chi connectivity index (χ1) is 17.0. The van der Waals surface area contributed by atoms with Crippen LogP contribution in [0.3, 0.4) is 0 Å². The molecule has 1 saturated heterocycles. The summed E-state index contributed by atoms with van der Waals surface area (Å²) in [5.74, 6) is -4.13. The Kier molecular flexibility index (Phi) is 7.84. The predicted molar refractivity (Wildman–Crippen MR) is 138 cm³/mol. The minimum Gasteiger partial charge on any atom is -0.292 e. The molecule has 0 aromatic heterocycles. The lowest BCUT2D eigenvalue weighted by Crippen LogP contribution is -2.52. The van der Waals surface area contributed by atoms with Crippen LogP contribution in [0.4, 0.5) is 5.69 Å². The first-order valence-electron chi connectivity index (χ1n) is 10.7. The summed E-state index contributed by atoms with van der Waals surface area (Å²) < 4.78 is 0. The third-order valence-electron chi connectivity index (χ3n) is 6.19. The van der Waals surface area contributed by atoms with Gasteiger partial charge in [0.05, 0.1) is 21.8 Å². The van der Waals surface area contributed by atoms with Crippen LogP contribution in [0.5, 0.6) is 0 Å². The van der Waals surface area contributed by atoms with Gasteiger partial charge in [0.2, 0.25) is 0 Å². The molecule has 0 spiro atoms. The highest BCUT2D eigenvalue weighted by Crippen LogP contribution is 2.43. The van der Waals surface area contributed by atoms with Crippen molar-refractivity contribution < 1.29 is 24.1 Å². The largest absolute Gasteiger partial charge is 0.292 e. The third kappa shape index (κ3) is 5.06. The van der Waals surface area contributed by atoms with E-state index < -0.39 is 46.8 Å². The fourth-order valence-corrected chi connectivity index (χ4v) is 6.14. The molecule has 0 unspecified atom stereocenters. The maximum Gasteiger partial charge on any atom is 0.273 e. The second-order valence-corrected chi connectivity index (χ2v) is 11.6. The Morgan fingerprint density at radius 3 is 2.19 bits per heavy atom. The summed E-state index contributed by atoms with van der Waals surface area (Å²) in [5, 5.41) is 13.0. The number of carbonyl (C=O) groups is 4. The number of nitro benzene ring substituents is 1. The molecule has 2 aromatic carbocycles. The van der Waals surface area contributed by atoms with Gasteiger partial charge < -0.3 is 0 Å². The highest BCUT2D eigenvalue weighted by Gasteiger charge is 2.54. The quantitative estimate of drug-likeness (QED) is 0.140. The number of rotatable bonds is 6. The van der Waals surface area contributed by atoms with Crippen LogP contribution in [0.25, 0.3) is 0 Å². The van der Waals surface area contributed by atoms with Crippen LogP contribution in [0.1, 0.15) is 33.6 Å². The molecule has 36 heavy (non-hydrogen) atoms. The summed E-state index contributed by atoms with van der Waals surface area (Å²) in [6.45, 7) is -0.699. The van der Waals surface area contributed by atoms with Crippen LogP contribution in [0, 0.1) is 22.0 Å². The minimum atomic E-state index is -0.914. The van der Waals surface area contributed by atoms with Gasteiger partial charge in [-0.15, -0.1) is 0 Å². The Hall–Kier alpha value is -2.34. The van der Waals surface area contributed by atoms with Crippen LogP contribution in [0.2, 0.25) is 10.0 Å². The van der Waals surface area contributed by atoms with Crippen LogP contribution < -0.4 is 0 Å². The molecule has 1 aliphatic heterocycles. The first-order valence-corrected chi connectivity index (χ1v) is 13.3. The lowest BCUT2D eigenvalue weighted by molar-refractivity contribution is -0.384. The number of hydrazine groups is 1. The van der Waals surface area contributed by atoms with Crippen molar-refractivity contribution >= 4 is 84.3 Å². The molecule has 9 nitrogen and oxygen atoms in total. The molecule has 1 heterocycles. The number of alkyl halides is 2. The Morgan fingerprint density at radius 1 is 1.03 bits per heavy atom. The van der Waals surface area contributed by atoms with Gasteiger partial charge >= 0.3 is 0 Å². The minimum absolute atomic E-state index is 0.0345. The smallest absolute Gasteiger partial charge is 0.273 e. The molecular formula is C23H17Br2Cl2N3O6. The highest BCUT2D eigenvalue weighted by molar-refractivity contribution is 9.12. The van der Waals surface area contributed by atoms with Crippen molar-refractivity contribution in [2.75, 3.05) is 6.54 Å². The van der Waals surface area contributed by atoms with Gasteiger partial charge in [0.15, 0.2) is 5.78 Å². The number of Topliss-reactive ketones (excluding diaryl/α,β-unsaturated/α-hetero) is 1. The summed E-state index contributed by atoms with van der Waals surface area (Å²) in [6, 6.07) is 9.02. The molecule has 4 rings (SSSR count). The van der Waals surface area contributed by atoms with E-state index in [1.807, 2.05) is 0 Å². The van der Waals surface area contributed by atoms with E-state index in [1.165, 1.54) is 36.4 Å². The fourth-order valence-electron chi connectivity index (χ4n) is 4.39. The van der Waals surface area contributed by atoms with Crippen molar-refractivity contribution in [3.8, 4) is 0 Å². The number of fused-ring (bicyclic) bond motifs is 1. The number of benzene rings is 2. The van der Waals surface area contributed by atoms with Gasteiger partial charge in [-0.1, -0.05) is 61.1 Å². The van der Waals surface area contributed by atoms with E-state index in [9.17, 15) is 29.3 Å². The highest BCUT2D eigenvalue weighted by atomic mass is 79.9. The molecule has 0 bridgehead atoms. The lowest BCUT2D eigenvalue weighted by Gasteiger charge is -2.30. The molecule has 1 saturated carbocycles. The number of halogens is 4. The van der Waals surface area contributed by atoms with E-state index in [1.54, 1.807) is 0 Å². The van der Waals surface area contributed by atoms with Gasteiger partial charge in [0.25, 0.3) is 23.4 Å². The Bertz CT molecular complexity index is 1260. The molecule has 3 amide bonds. The summed E-state index contributed by atoms with van der Waals surface area (Å²) in [4.78, 5) is 64.0. The number of carbonyl (C=O) groups excluding carboxylic acids is 4. The van der Waals surface area contributed by atoms with Crippen molar-refractivity contribution in [2.24, 2.45) is 11.8 Å². The lowest BCUT2D eigenvalue weighted by atomic mass is 9.81. The first kappa shape index (κ1) is 26.7. The SMILES string of the molecule is O=C(CN(C(=O)c1cccc([N+](=O)[O-])c1)N1C(=O)[C@@H]2C[C@H](Br)[C@@H](Br)C[C@H]2C1=O)c1ccc(Cl)cc1Cl. The van der Waals surface area contributed by atoms with Crippen molar-refractivity contribution in [1.82, 2.24) is 10.0 Å². The van der Waals surface area contributed by atoms with Crippen molar-refractivity contribution in [2.45, 2.75) is 22.5 Å². The van der Waals surface area contributed by atoms with Gasteiger partial charge in [0, 0.05) is 37.9 Å². The second kappa shape index (κ2) is 10.6. The monoisotopic (exact) mass is 659 g/mol. The summed E-state index contributed by atoms with van der Waals surface area (Å²) >= 11 is 19.1. The summed E-state index contributed by atoms with van der Waals surface area (Å²) in [5.41, 5.74) is -0.480. The zero-order valence-electron chi connectivity index (χ0n) is 18.3. The van der Waals surface area contributed by atoms with Gasteiger partial charge in [-0.2, -0.15) is 5.01 Å². The van der Waals surface area contributed by atoms with Crippen LogP contribution in [0.15, 0.2) is 42.5 Å². The molecular weight excluding hydrogens is 645 g/mol. The van der Waals surface area contributed by atoms with E-state index in [0.717, 1.165) is 11.1 Å². The number of non-ortho nitro benzene ring substituents is 1. The van der Waals surface area contributed by atoms with Crippen molar-refractivity contribution in [3.63, 3.8) is 0 Å². The molecule has 13 heteroatoms. The summed E-state index contributed by atoms with van der Waals surface area (Å²) in [7, 11) is 0. The fraction of sp³-hybridized carbons (Fsp3) is 0.304. The van der Waals surface area contributed by atoms with E-state index in [4.69, 9.17) is 23.2 Å². The van der Waals surface area contributed by atoms with Gasteiger partial charge in [0.1, 0.15) is 6.54 Å².